The van der Waals surface area contributed by atoms with Gasteiger partial charge in [-0.15, -0.1) is 0 Å². The van der Waals surface area contributed by atoms with Gasteiger partial charge in [-0.25, -0.2) is 4.98 Å². The van der Waals surface area contributed by atoms with Crippen molar-refractivity contribution in [2.45, 2.75) is 19.4 Å². The molecule has 0 amide bonds. The van der Waals surface area contributed by atoms with Crippen molar-refractivity contribution < 1.29 is 0 Å². The second-order valence-electron chi connectivity index (χ2n) is 2.94. The Morgan fingerprint density at radius 3 is 2.92 bits per heavy atom. The third-order valence-electron chi connectivity index (χ3n) is 1.86. The standard InChI is InChI=1S/C8H7Cl2N3/c1-4-2-3-5-6(9)12-8(10)13-7(5)11-4/h3-4H,2H2,1H3. The predicted molar refractivity (Wildman–Crippen MR) is 51.4 cm³/mol. The predicted octanol–water partition coefficient (Wildman–Crippen LogP) is 0.976. The molecular formula is C8H7Cl2N3. The van der Waals surface area contributed by atoms with Crippen LogP contribution in [0, 0.1) is 0 Å². The highest BCUT2D eigenvalue weighted by Gasteiger charge is 2.07. The van der Waals surface area contributed by atoms with E-state index in [0.29, 0.717) is 10.6 Å². The van der Waals surface area contributed by atoms with Crippen LogP contribution in [0.5, 0.6) is 0 Å². The van der Waals surface area contributed by atoms with E-state index in [1.165, 1.54) is 0 Å². The van der Waals surface area contributed by atoms with Gasteiger partial charge in [-0.3, -0.25) is 4.99 Å². The highest BCUT2D eigenvalue weighted by molar-refractivity contribution is 6.31. The first kappa shape index (κ1) is 8.91. The smallest absolute Gasteiger partial charge is 0.225 e. The summed E-state index contributed by atoms with van der Waals surface area (Å²) in [6.45, 7) is 2.02. The van der Waals surface area contributed by atoms with Crippen LogP contribution < -0.4 is 10.7 Å². The van der Waals surface area contributed by atoms with Gasteiger partial charge in [-0.05, 0) is 24.9 Å². The average molecular weight is 216 g/mol. The van der Waals surface area contributed by atoms with Crippen LogP contribution >= 0.6 is 23.2 Å². The van der Waals surface area contributed by atoms with Gasteiger partial charge >= 0.3 is 0 Å². The van der Waals surface area contributed by atoms with Crippen molar-refractivity contribution in [1.82, 2.24) is 9.97 Å². The molecule has 0 saturated heterocycles. The molecule has 1 aromatic heterocycles. The molecule has 0 bridgehead atoms. The Labute approximate surface area is 85.1 Å². The lowest BCUT2D eigenvalue weighted by Gasteiger charge is -2.06. The lowest BCUT2D eigenvalue weighted by molar-refractivity contribution is 0.721. The maximum Gasteiger partial charge on any atom is 0.225 e. The van der Waals surface area contributed by atoms with E-state index in [1.807, 2.05) is 13.0 Å². The van der Waals surface area contributed by atoms with Gasteiger partial charge in [0.15, 0.2) is 5.49 Å². The summed E-state index contributed by atoms with van der Waals surface area (Å²) in [5.41, 5.74) is 0.601. The van der Waals surface area contributed by atoms with Crippen molar-refractivity contribution in [3.8, 4) is 0 Å². The van der Waals surface area contributed by atoms with Crippen LogP contribution in [-0.2, 0) is 0 Å². The molecule has 2 rings (SSSR count). The molecule has 5 heteroatoms. The fraction of sp³-hybridized carbons (Fsp3) is 0.375. The molecule has 2 heterocycles. The highest BCUT2D eigenvalue weighted by atomic mass is 35.5. The summed E-state index contributed by atoms with van der Waals surface area (Å²) in [7, 11) is 0. The molecular weight excluding hydrogens is 209 g/mol. The van der Waals surface area contributed by atoms with Gasteiger partial charge < -0.3 is 0 Å². The molecule has 1 atom stereocenters. The van der Waals surface area contributed by atoms with E-state index in [1.54, 1.807) is 0 Å². The third kappa shape index (κ3) is 1.67. The number of halogens is 2. The fourth-order valence-corrected chi connectivity index (χ4v) is 1.68. The molecule has 1 aromatic rings. The van der Waals surface area contributed by atoms with E-state index in [4.69, 9.17) is 23.2 Å². The van der Waals surface area contributed by atoms with Crippen LogP contribution in [0.2, 0.25) is 10.4 Å². The normalized spacial score (nSPS) is 20.1. The summed E-state index contributed by atoms with van der Waals surface area (Å²) in [5.74, 6) is 0. The topological polar surface area (TPSA) is 38.1 Å². The number of hydrogen-bond donors (Lipinski definition) is 0. The summed E-state index contributed by atoms with van der Waals surface area (Å²) in [4.78, 5) is 12.2. The quantitative estimate of drug-likeness (QED) is 0.478. The minimum atomic E-state index is 0.148. The van der Waals surface area contributed by atoms with Crippen LogP contribution in [0.3, 0.4) is 0 Å². The van der Waals surface area contributed by atoms with E-state index in [9.17, 15) is 0 Å². The molecule has 0 spiro atoms. The van der Waals surface area contributed by atoms with E-state index < -0.39 is 0 Å². The SMILES string of the molecule is CC1CC=c2c(Cl)nc(Cl)nc2=N1. The average Bonchev–Trinajstić information content (AvgIpc) is 2.02. The fourth-order valence-electron chi connectivity index (χ4n) is 1.23. The lowest BCUT2D eigenvalue weighted by atomic mass is 10.2. The molecule has 1 aliphatic heterocycles. The molecule has 1 unspecified atom stereocenters. The lowest BCUT2D eigenvalue weighted by Crippen LogP contribution is -2.35. The number of fused-ring (bicyclic) bond motifs is 1. The Hall–Kier alpha value is -0.670. The molecule has 0 saturated carbocycles. The third-order valence-corrected chi connectivity index (χ3v) is 2.31. The van der Waals surface area contributed by atoms with E-state index in [-0.39, 0.29) is 11.3 Å². The minimum absolute atomic E-state index is 0.148. The number of aromatic nitrogens is 2. The minimum Gasteiger partial charge on any atom is -0.263 e. The summed E-state index contributed by atoms with van der Waals surface area (Å²) >= 11 is 11.5. The first-order chi connectivity index (χ1) is 6.16. The summed E-state index contributed by atoms with van der Waals surface area (Å²) in [5, 5.41) is 1.32. The van der Waals surface area contributed by atoms with Gasteiger partial charge in [0.05, 0.1) is 11.3 Å². The Morgan fingerprint density at radius 1 is 1.38 bits per heavy atom. The van der Waals surface area contributed by atoms with Crippen LogP contribution in [0.4, 0.5) is 0 Å². The van der Waals surface area contributed by atoms with Crippen molar-refractivity contribution in [2.24, 2.45) is 4.99 Å². The van der Waals surface area contributed by atoms with Gasteiger partial charge in [0.1, 0.15) is 5.15 Å². The number of nitrogens with zero attached hydrogens (tertiary/aromatic N) is 3. The van der Waals surface area contributed by atoms with Gasteiger partial charge in [0.2, 0.25) is 5.28 Å². The van der Waals surface area contributed by atoms with Crippen molar-refractivity contribution in [3.63, 3.8) is 0 Å². The Bertz CT molecular complexity index is 455. The Kier molecular flexibility index (Phi) is 2.22. The zero-order valence-electron chi connectivity index (χ0n) is 6.96. The highest BCUT2D eigenvalue weighted by Crippen LogP contribution is 2.04. The Morgan fingerprint density at radius 2 is 2.15 bits per heavy atom. The molecule has 0 aromatic carbocycles. The molecule has 1 aliphatic rings. The maximum absolute atomic E-state index is 5.87. The molecule has 0 aliphatic carbocycles. The molecule has 0 fully saturated rings. The summed E-state index contributed by atoms with van der Waals surface area (Å²) in [6.07, 6.45) is 2.86. The second kappa shape index (κ2) is 3.24. The van der Waals surface area contributed by atoms with Crippen LogP contribution in [0.1, 0.15) is 13.3 Å². The van der Waals surface area contributed by atoms with Gasteiger partial charge in [0.25, 0.3) is 0 Å². The van der Waals surface area contributed by atoms with E-state index in [2.05, 4.69) is 15.0 Å². The molecule has 0 radical (unpaired) electrons. The van der Waals surface area contributed by atoms with Crippen molar-refractivity contribution in [2.75, 3.05) is 0 Å². The van der Waals surface area contributed by atoms with Crippen LogP contribution in [-0.4, -0.2) is 16.0 Å². The second-order valence-corrected chi connectivity index (χ2v) is 3.63. The Balaban J connectivity index is 2.80. The van der Waals surface area contributed by atoms with Crippen LogP contribution in [0.25, 0.3) is 6.08 Å². The van der Waals surface area contributed by atoms with Gasteiger partial charge in [0, 0.05) is 0 Å². The molecule has 3 nitrogen and oxygen atoms in total. The number of rotatable bonds is 0. The zero-order chi connectivity index (χ0) is 9.42. The first-order valence-corrected chi connectivity index (χ1v) is 4.69. The van der Waals surface area contributed by atoms with E-state index >= 15 is 0 Å². The van der Waals surface area contributed by atoms with Gasteiger partial charge in [-0.1, -0.05) is 17.7 Å². The monoisotopic (exact) mass is 215 g/mol. The summed E-state index contributed by atoms with van der Waals surface area (Å²) in [6, 6.07) is 0.245. The zero-order valence-corrected chi connectivity index (χ0v) is 8.47. The van der Waals surface area contributed by atoms with Crippen molar-refractivity contribution in [1.29, 1.82) is 0 Å². The molecule has 13 heavy (non-hydrogen) atoms. The molecule has 68 valence electrons. The van der Waals surface area contributed by atoms with E-state index in [0.717, 1.165) is 11.6 Å². The van der Waals surface area contributed by atoms with Crippen LogP contribution in [0.15, 0.2) is 4.99 Å². The largest absolute Gasteiger partial charge is 0.263 e. The van der Waals surface area contributed by atoms with Gasteiger partial charge in [-0.2, -0.15) is 4.98 Å². The van der Waals surface area contributed by atoms with Crippen molar-refractivity contribution in [3.05, 3.63) is 21.1 Å². The maximum atomic E-state index is 5.87. The molecule has 0 N–H and O–H groups in total. The van der Waals surface area contributed by atoms with Crippen molar-refractivity contribution >= 4 is 29.3 Å². The first-order valence-electron chi connectivity index (χ1n) is 3.94. The number of hydrogen-bond acceptors (Lipinski definition) is 3. The summed E-state index contributed by atoms with van der Waals surface area (Å²) < 4.78 is 0.